The monoisotopic (exact) mass is 568 g/mol. The van der Waals surface area contributed by atoms with E-state index in [9.17, 15) is 19.2 Å². The molecule has 0 saturated heterocycles. The second-order valence-corrected chi connectivity index (χ2v) is 12.1. The van der Waals surface area contributed by atoms with Crippen molar-refractivity contribution in [3.05, 3.63) is 111 Å². The first kappa shape index (κ1) is 26.6. The summed E-state index contributed by atoms with van der Waals surface area (Å²) in [4.78, 5) is 57.9. The number of nitrogens with zero attached hydrogens (tertiary/aromatic N) is 2. The van der Waals surface area contributed by atoms with Gasteiger partial charge in [-0.1, -0.05) is 74.5 Å². The van der Waals surface area contributed by atoms with Crippen LogP contribution in [0.5, 0.6) is 0 Å². The van der Waals surface area contributed by atoms with E-state index in [2.05, 4.69) is 23.6 Å². The van der Waals surface area contributed by atoms with Crippen molar-refractivity contribution < 1.29 is 0 Å². The maximum atomic E-state index is 12.9. The van der Waals surface area contributed by atoms with Gasteiger partial charge in [0.05, 0.1) is 21.4 Å². The fraction of sp³-hybridized carbons (Fsp3) is 0.250. The van der Waals surface area contributed by atoms with Crippen molar-refractivity contribution in [2.75, 3.05) is 22.9 Å². The Bertz CT molecular complexity index is 1700. The summed E-state index contributed by atoms with van der Waals surface area (Å²) in [5.41, 5.74) is 0.0465. The molecule has 0 bridgehead atoms. The van der Waals surface area contributed by atoms with Gasteiger partial charge in [-0.3, -0.25) is 19.2 Å². The normalized spacial score (nSPS) is 16.6. The van der Waals surface area contributed by atoms with Gasteiger partial charge in [0.15, 0.2) is 0 Å². The predicted molar refractivity (Wildman–Crippen MR) is 167 cm³/mol. The van der Waals surface area contributed by atoms with E-state index in [0.29, 0.717) is 0 Å². The molecule has 4 aromatic carbocycles. The highest BCUT2D eigenvalue weighted by molar-refractivity contribution is 8.04. The van der Waals surface area contributed by atoms with Crippen LogP contribution in [0.4, 0.5) is 11.4 Å². The molecule has 0 aliphatic carbocycles. The molecule has 0 fully saturated rings. The van der Waals surface area contributed by atoms with Gasteiger partial charge in [0.2, 0.25) is 21.7 Å². The molecule has 0 N–H and O–H groups in total. The minimum absolute atomic E-state index is 0.0709. The van der Waals surface area contributed by atoms with Crippen LogP contribution in [0.1, 0.15) is 50.7 Å². The summed E-state index contributed by atoms with van der Waals surface area (Å²) >= 11 is 3.09. The number of rotatable bonds is 9. The molecular weight excluding hydrogens is 540 g/mol. The molecule has 0 atom stereocenters. The quantitative estimate of drug-likeness (QED) is 0.229. The third kappa shape index (κ3) is 4.30. The summed E-state index contributed by atoms with van der Waals surface area (Å²) in [5.74, 6) is 0. The highest BCUT2D eigenvalue weighted by Gasteiger charge is 2.34. The van der Waals surface area contributed by atoms with Crippen molar-refractivity contribution in [2.45, 2.75) is 49.3 Å². The van der Waals surface area contributed by atoms with Gasteiger partial charge in [-0.15, -0.1) is 0 Å². The Kier molecular flexibility index (Phi) is 7.15. The van der Waals surface area contributed by atoms with Crippen LogP contribution < -0.4 is 31.5 Å². The molecule has 8 heteroatoms. The first-order valence-electron chi connectivity index (χ1n) is 13.6. The van der Waals surface area contributed by atoms with E-state index in [1.54, 1.807) is 35.7 Å². The van der Waals surface area contributed by atoms with Gasteiger partial charge >= 0.3 is 0 Å². The van der Waals surface area contributed by atoms with Gasteiger partial charge in [0.1, 0.15) is 0 Å². The zero-order valence-electron chi connectivity index (χ0n) is 22.4. The molecule has 2 aliphatic rings. The average molecular weight is 569 g/mol. The molecule has 2 heterocycles. The number of hydrogen-bond acceptors (Lipinski definition) is 8. The van der Waals surface area contributed by atoms with Gasteiger partial charge in [-0.05, 0) is 49.3 Å². The lowest BCUT2D eigenvalue weighted by Gasteiger charge is -2.22. The summed E-state index contributed by atoms with van der Waals surface area (Å²) in [6.07, 6.45) is 7.41. The van der Waals surface area contributed by atoms with Crippen molar-refractivity contribution in [1.82, 2.24) is 0 Å². The number of fused-ring (bicyclic) bond motifs is 2. The van der Waals surface area contributed by atoms with Crippen LogP contribution in [0.3, 0.4) is 0 Å². The summed E-state index contributed by atoms with van der Waals surface area (Å²) in [6.45, 7) is 5.80. The predicted octanol–water partition coefficient (Wildman–Crippen LogP) is 5.97. The number of benzene rings is 2. The first-order chi connectivity index (χ1) is 19.4. The largest absolute Gasteiger partial charge is 0.335 e. The lowest BCUT2D eigenvalue weighted by molar-refractivity contribution is 0.780. The zero-order valence-corrected chi connectivity index (χ0v) is 24.0. The van der Waals surface area contributed by atoms with Gasteiger partial charge in [0.25, 0.3) is 0 Å². The van der Waals surface area contributed by atoms with Crippen LogP contribution >= 0.6 is 23.5 Å². The molecule has 6 nitrogen and oxygen atoms in total. The molecule has 4 aromatic rings. The molecule has 0 saturated carbocycles. The summed E-state index contributed by atoms with van der Waals surface area (Å²) < 4.78 is 0. The zero-order chi connectivity index (χ0) is 28.0. The molecular formula is C32H28N2O4S2. The Balaban J connectivity index is 1.40. The van der Waals surface area contributed by atoms with E-state index in [0.717, 1.165) is 70.0 Å². The SMILES string of the molecule is CCCCN1/C(=C\c2c(-c3c(/C=C4/Sc5ccccc5N4CCCC)c(=O)c3=O)c(=O)c2=O)Sc2ccccc21. The van der Waals surface area contributed by atoms with Gasteiger partial charge in [-0.25, -0.2) is 0 Å². The number of thioether (sulfide) groups is 2. The Morgan fingerprint density at radius 3 is 1.40 bits per heavy atom. The van der Waals surface area contributed by atoms with E-state index in [1.165, 1.54) is 0 Å². The van der Waals surface area contributed by atoms with Crippen molar-refractivity contribution >= 4 is 47.1 Å². The summed E-state index contributed by atoms with van der Waals surface area (Å²) in [6, 6.07) is 16.1. The minimum Gasteiger partial charge on any atom is -0.335 e. The van der Waals surface area contributed by atoms with Crippen molar-refractivity contribution in [1.29, 1.82) is 0 Å². The molecule has 0 unspecified atom stereocenters. The van der Waals surface area contributed by atoms with E-state index in [4.69, 9.17) is 0 Å². The Labute approximate surface area is 240 Å². The average Bonchev–Trinajstić information content (AvgIpc) is 3.52. The van der Waals surface area contributed by atoms with Crippen LogP contribution in [0.25, 0.3) is 23.3 Å². The molecule has 6 rings (SSSR count). The molecule has 0 amide bonds. The first-order valence-corrected chi connectivity index (χ1v) is 15.3. The topological polar surface area (TPSA) is 74.8 Å². The smallest absolute Gasteiger partial charge is 0.235 e. The number of anilines is 2. The lowest BCUT2D eigenvalue weighted by atomic mass is 9.87. The standard InChI is InChI=1S/C32H28N2O4S2/c1-3-5-15-33-21-11-7-9-13-23(21)39-25(33)17-19-27(31(37)29(19)35)28-20(30(36)32(28)38)18-26-34(16-6-4-2)22-12-8-10-14-24(22)40-26/h7-14,17-18H,3-6,15-16H2,1-2H3/b25-17+,26-18+. The Hall–Kier alpha value is -3.62. The molecule has 40 heavy (non-hydrogen) atoms. The third-order valence-corrected chi connectivity index (χ3v) is 9.65. The molecule has 0 radical (unpaired) electrons. The summed E-state index contributed by atoms with van der Waals surface area (Å²) in [5, 5.41) is 1.68. The fourth-order valence-electron chi connectivity index (χ4n) is 5.25. The molecule has 0 spiro atoms. The maximum absolute atomic E-state index is 12.9. The van der Waals surface area contributed by atoms with E-state index in [1.807, 2.05) is 48.5 Å². The highest BCUT2D eigenvalue weighted by atomic mass is 32.2. The number of para-hydroxylation sites is 2. The Morgan fingerprint density at radius 2 is 1.00 bits per heavy atom. The van der Waals surface area contributed by atoms with Crippen molar-refractivity contribution in [3.63, 3.8) is 0 Å². The van der Waals surface area contributed by atoms with Crippen LogP contribution in [-0.4, -0.2) is 13.1 Å². The van der Waals surface area contributed by atoms with Crippen molar-refractivity contribution in [3.8, 4) is 11.1 Å². The third-order valence-electron chi connectivity index (χ3n) is 7.42. The van der Waals surface area contributed by atoms with E-state index < -0.39 is 21.7 Å². The van der Waals surface area contributed by atoms with Crippen LogP contribution in [0, 0.1) is 0 Å². The lowest BCUT2D eigenvalue weighted by Crippen LogP contribution is -2.44. The molecule has 2 aliphatic heterocycles. The van der Waals surface area contributed by atoms with E-state index in [-0.39, 0.29) is 22.3 Å². The number of hydrogen-bond donors (Lipinski definition) is 0. The highest BCUT2D eigenvalue weighted by Crippen LogP contribution is 2.48. The van der Waals surface area contributed by atoms with E-state index >= 15 is 0 Å². The summed E-state index contributed by atoms with van der Waals surface area (Å²) in [7, 11) is 0. The van der Waals surface area contributed by atoms with Crippen LogP contribution in [0.15, 0.2) is 87.6 Å². The maximum Gasteiger partial charge on any atom is 0.235 e. The van der Waals surface area contributed by atoms with Gasteiger partial charge in [0, 0.05) is 45.1 Å². The number of unbranched alkanes of at least 4 members (excludes halogenated alkanes) is 2. The second-order valence-electron chi connectivity index (χ2n) is 10.0. The van der Waals surface area contributed by atoms with Crippen molar-refractivity contribution in [2.24, 2.45) is 0 Å². The minimum atomic E-state index is -0.704. The van der Waals surface area contributed by atoms with Crippen LogP contribution in [0.2, 0.25) is 0 Å². The Morgan fingerprint density at radius 1 is 0.600 bits per heavy atom. The van der Waals surface area contributed by atoms with Crippen LogP contribution in [-0.2, 0) is 0 Å². The fourth-order valence-corrected chi connectivity index (χ4v) is 7.51. The second kappa shape index (κ2) is 10.7. The molecule has 0 aromatic heterocycles. The van der Waals surface area contributed by atoms with Gasteiger partial charge < -0.3 is 9.80 Å². The molecule has 202 valence electrons. The van der Waals surface area contributed by atoms with Gasteiger partial charge in [-0.2, -0.15) is 0 Å².